The number of likely N-dealkylation sites (tertiary alicyclic amines) is 2. The summed E-state index contributed by atoms with van der Waals surface area (Å²) in [4.78, 5) is 52.5. The van der Waals surface area contributed by atoms with E-state index in [1.807, 2.05) is 19.1 Å². The fourth-order valence-corrected chi connectivity index (χ4v) is 5.30. The first kappa shape index (κ1) is 16.2. The molecule has 0 N–H and O–H groups in total. The average Bonchev–Trinajstić information content (AvgIpc) is 2.95. The molecule has 3 fully saturated rings. The molecule has 6 heteroatoms. The van der Waals surface area contributed by atoms with Crippen LogP contribution in [0.25, 0.3) is 0 Å². The Morgan fingerprint density at radius 3 is 2.08 bits per heavy atom. The fourth-order valence-electron chi connectivity index (χ4n) is 5.30. The van der Waals surface area contributed by atoms with E-state index in [2.05, 4.69) is 0 Å². The number of nitrogens with zero attached hydrogens (tertiary/aromatic N) is 2. The molecule has 2 aliphatic carbocycles. The lowest BCUT2D eigenvalue weighted by Crippen LogP contribution is -2.40. The Balaban J connectivity index is 1.80. The highest BCUT2D eigenvalue weighted by Gasteiger charge is 2.58. The molecule has 0 spiro atoms. The molecule has 0 radical (unpaired) electrons. The summed E-state index contributed by atoms with van der Waals surface area (Å²) in [5.41, 5.74) is 2.17. The third-order valence-electron chi connectivity index (χ3n) is 6.53. The van der Waals surface area contributed by atoms with E-state index in [4.69, 9.17) is 0 Å². The Morgan fingerprint density at radius 2 is 1.40 bits per heavy atom. The minimum atomic E-state index is -0.378. The highest BCUT2D eigenvalue weighted by Crippen LogP contribution is 2.54. The van der Waals surface area contributed by atoms with Gasteiger partial charge in [-0.1, -0.05) is 17.7 Å². The molecule has 4 rings (SSSR count). The van der Waals surface area contributed by atoms with Gasteiger partial charge in [-0.2, -0.15) is 0 Å². The summed E-state index contributed by atoms with van der Waals surface area (Å²) >= 11 is 0. The monoisotopic (exact) mass is 342 g/mol. The minimum absolute atomic E-state index is 0.115. The number of amides is 4. The highest BCUT2D eigenvalue weighted by atomic mass is 16.2. The van der Waals surface area contributed by atoms with Crippen LogP contribution < -0.4 is 0 Å². The summed E-state index contributed by atoms with van der Waals surface area (Å²) in [7, 11) is 3.08. The molecular formula is C19H22N2O4. The lowest BCUT2D eigenvalue weighted by atomic mass is 9.60. The third-order valence-corrected chi connectivity index (χ3v) is 6.53. The van der Waals surface area contributed by atoms with Crippen LogP contribution in [0.5, 0.6) is 0 Å². The van der Waals surface area contributed by atoms with Gasteiger partial charge in [0.1, 0.15) is 0 Å². The van der Waals surface area contributed by atoms with Crippen LogP contribution in [0.2, 0.25) is 0 Å². The van der Waals surface area contributed by atoms with Gasteiger partial charge < -0.3 is 0 Å². The Kier molecular flexibility index (Phi) is 3.49. The van der Waals surface area contributed by atoms with Gasteiger partial charge in [-0.15, -0.1) is 0 Å². The Labute approximate surface area is 146 Å². The first-order valence-corrected chi connectivity index (χ1v) is 8.84. The van der Waals surface area contributed by atoms with Gasteiger partial charge in [0.05, 0.1) is 23.7 Å². The van der Waals surface area contributed by atoms with E-state index in [1.54, 1.807) is 7.05 Å². The fraction of sp³-hybridized carbons (Fsp3) is 0.579. The standard InChI is InChI=1S/C19H22N2O4/c1-4-5-9-6-14-15(19(25)21(3)18(14)24)11-8-13-12(7-10(9)11)16(22)20(2)17(13)23/h4-5,11-15H,6-8H2,1-3H3/b5-4-/t11-,12-,13+,14+,15-/m0/s1. The molecular weight excluding hydrogens is 320 g/mol. The van der Waals surface area contributed by atoms with Crippen molar-refractivity contribution in [2.45, 2.75) is 26.2 Å². The van der Waals surface area contributed by atoms with Crippen molar-refractivity contribution in [1.29, 1.82) is 0 Å². The molecule has 132 valence electrons. The predicted molar refractivity (Wildman–Crippen MR) is 88.7 cm³/mol. The highest BCUT2D eigenvalue weighted by molar-refractivity contribution is 6.07. The average molecular weight is 342 g/mol. The van der Waals surface area contributed by atoms with Crippen LogP contribution in [-0.2, 0) is 19.2 Å². The summed E-state index contributed by atoms with van der Waals surface area (Å²) in [6.45, 7) is 1.92. The Hall–Kier alpha value is -2.24. The number of carbonyl (C=O) groups is 4. The van der Waals surface area contributed by atoms with Crippen molar-refractivity contribution in [3.8, 4) is 0 Å². The predicted octanol–water partition coefficient (Wildman–Crippen LogP) is 1.13. The van der Waals surface area contributed by atoms with Crippen LogP contribution in [0.4, 0.5) is 0 Å². The molecule has 2 heterocycles. The zero-order chi connectivity index (χ0) is 18.0. The smallest absolute Gasteiger partial charge is 0.233 e. The van der Waals surface area contributed by atoms with Gasteiger partial charge in [0.25, 0.3) is 0 Å². The molecule has 0 unspecified atom stereocenters. The lowest BCUT2D eigenvalue weighted by Gasteiger charge is -2.40. The van der Waals surface area contributed by atoms with Crippen molar-refractivity contribution in [1.82, 2.24) is 9.80 Å². The van der Waals surface area contributed by atoms with E-state index in [9.17, 15) is 19.2 Å². The maximum absolute atomic E-state index is 12.7. The maximum atomic E-state index is 12.7. The number of allylic oxidation sites excluding steroid dienone is 4. The van der Waals surface area contributed by atoms with Crippen molar-refractivity contribution in [2.75, 3.05) is 14.1 Å². The second-order valence-corrected chi connectivity index (χ2v) is 7.62. The summed E-state index contributed by atoms with van der Waals surface area (Å²) in [5, 5.41) is 0. The molecule has 4 amide bonds. The van der Waals surface area contributed by atoms with Crippen LogP contribution in [-0.4, -0.2) is 47.5 Å². The van der Waals surface area contributed by atoms with Crippen molar-refractivity contribution in [3.05, 3.63) is 23.3 Å². The molecule has 1 saturated carbocycles. The van der Waals surface area contributed by atoms with Gasteiger partial charge >= 0.3 is 0 Å². The van der Waals surface area contributed by atoms with Gasteiger partial charge in [-0.05, 0) is 37.7 Å². The van der Waals surface area contributed by atoms with Crippen LogP contribution in [0, 0.1) is 29.6 Å². The molecule has 25 heavy (non-hydrogen) atoms. The number of carbonyl (C=O) groups excluding carboxylic acids is 4. The van der Waals surface area contributed by atoms with E-state index in [-0.39, 0.29) is 53.2 Å². The molecule has 2 aliphatic heterocycles. The number of hydrogen-bond donors (Lipinski definition) is 0. The molecule has 2 saturated heterocycles. The second kappa shape index (κ2) is 5.38. The van der Waals surface area contributed by atoms with Gasteiger partial charge in [-0.3, -0.25) is 29.0 Å². The van der Waals surface area contributed by atoms with Crippen molar-refractivity contribution < 1.29 is 19.2 Å². The Morgan fingerprint density at radius 1 is 0.800 bits per heavy atom. The number of fused-ring (bicyclic) bond motifs is 4. The van der Waals surface area contributed by atoms with Crippen LogP contribution in [0.15, 0.2) is 23.3 Å². The Bertz CT molecular complexity index is 765. The number of imide groups is 2. The van der Waals surface area contributed by atoms with Crippen molar-refractivity contribution in [3.63, 3.8) is 0 Å². The van der Waals surface area contributed by atoms with Gasteiger partial charge in [0.2, 0.25) is 23.6 Å². The number of rotatable bonds is 1. The maximum Gasteiger partial charge on any atom is 0.233 e. The third kappa shape index (κ3) is 2.03. The van der Waals surface area contributed by atoms with Crippen LogP contribution >= 0.6 is 0 Å². The topological polar surface area (TPSA) is 74.8 Å². The molecule has 5 atom stereocenters. The molecule has 0 aromatic rings. The van der Waals surface area contributed by atoms with E-state index >= 15 is 0 Å². The molecule has 6 nitrogen and oxygen atoms in total. The first-order valence-electron chi connectivity index (χ1n) is 8.84. The number of hydrogen-bond acceptors (Lipinski definition) is 4. The van der Waals surface area contributed by atoms with Gasteiger partial charge in [-0.25, -0.2) is 0 Å². The summed E-state index contributed by atoms with van der Waals surface area (Å²) in [5.74, 6) is -2.02. The summed E-state index contributed by atoms with van der Waals surface area (Å²) in [6.07, 6.45) is 5.50. The normalized spacial score (nSPS) is 38.0. The van der Waals surface area contributed by atoms with E-state index in [0.717, 1.165) is 11.1 Å². The van der Waals surface area contributed by atoms with E-state index in [0.29, 0.717) is 19.3 Å². The molecule has 0 aromatic heterocycles. The minimum Gasteiger partial charge on any atom is -0.285 e. The quantitative estimate of drug-likeness (QED) is 0.670. The van der Waals surface area contributed by atoms with Crippen molar-refractivity contribution in [2.24, 2.45) is 29.6 Å². The second-order valence-electron chi connectivity index (χ2n) is 7.62. The summed E-state index contributed by atoms with van der Waals surface area (Å²) in [6, 6.07) is 0. The van der Waals surface area contributed by atoms with E-state index < -0.39 is 0 Å². The molecule has 4 aliphatic rings. The molecule has 0 aromatic carbocycles. The lowest BCUT2D eigenvalue weighted by molar-refractivity contribution is -0.140. The zero-order valence-electron chi connectivity index (χ0n) is 14.7. The van der Waals surface area contributed by atoms with Crippen LogP contribution in [0.1, 0.15) is 26.2 Å². The van der Waals surface area contributed by atoms with E-state index in [1.165, 1.54) is 16.8 Å². The zero-order valence-corrected chi connectivity index (χ0v) is 14.7. The summed E-state index contributed by atoms with van der Waals surface area (Å²) < 4.78 is 0. The van der Waals surface area contributed by atoms with Gasteiger partial charge in [0.15, 0.2) is 0 Å². The van der Waals surface area contributed by atoms with Crippen LogP contribution in [0.3, 0.4) is 0 Å². The van der Waals surface area contributed by atoms with Gasteiger partial charge in [0, 0.05) is 14.1 Å². The SMILES string of the molecule is C/C=C\C1=C2C[C@@H]3C(=O)N(C)C(=O)[C@@H]3C[C@@H]2[C@@H]2C(=O)N(C)C(=O)[C@@H]2C1. The molecule has 0 bridgehead atoms. The largest absolute Gasteiger partial charge is 0.285 e. The van der Waals surface area contributed by atoms with Crippen molar-refractivity contribution >= 4 is 23.6 Å². The first-order chi connectivity index (χ1) is 11.9.